The second-order valence-electron chi connectivity index (χ2n) is 6.91. The van der Waals surface area contributed by atoms with E-state index >= 15 is 0 Å². The predicted octanol–water partition coefficient (Wildman–Crippen LogP) is 2.93. The lowest BCUT2D eigenvalue weighted by atomic mass is 9.76. The fourth-order valence-corrected chi connectivity index (χ4v) is 4.02. The van der Waals surface area contributed by atoms with Crippen molar-refractivity contribution < 1.29 is 4.74 Å². The van der Waals surface area contributed by atoms with E-state index in [1.165, 1.54) is 32.1 Å². The van der Waals surface area contributed by atoms with Crippen LogP contribution in [0.1, 0.15) is 65.2 Å². The molecule has 2 rings (SSSR count). The molecule has 112 valence electrons. The first-order valence-electron chi connectivity index (χ1n) is 8.12. The molecule has 0 spiro atoms. The topological polar surface area (TPSA) is 38.5 Å². The Morgan fingerprint density at radius 2 is 1.95 bits per heavy atom. The van der Waals surface area contributed by atoms with Crippen LogP contribution in [0.5, 0.6) is 0 Å². The highest BCUT2D eigenvalue weighted by molar-refractivity contribution is 5.01. The van der Waals surface area contributed by atoms with Gasteiger partial charge in [-0.2, -0.15) is 0 Å². The first-order valence-corrected chi connectivity index (χ1v) is 8.12. The summed E-state index contributed by atoms with van der Waals surface area (Å²) in [4.78, 5) is 2.63. The quantitative estimate of drug-likeness (QED) is 0.852. The number of rotatable bonds is 4. The molecule has 0 aromatic carbocycles. The summed E-state index contributed by atoms with van der Waals surface area (Å²) in [6.07, 6.45) is 10.1. The molecule has 1 aliphatic carbocycles. The average molecular weight is 268 g/mol. The van der Waals surface area contributed by atoms with Crippen LogP contribution >= 0.6 is 0 Å². The van der Waals surface area contributed by atoms with Crippen molar-refractivity contribution >= 4 is 0 Å². The van der Waals surface area contributed by atoms with Gasteiger partial charge in [-0.1, -0.05) is 26.2 Å². The second-order valence-corrected chi connectivity index (χ2v) is 6.91. The lowest BCUT2D eigenvalue weighted by Gasteiger charge is -2.53. The Labute approximate surface area is 118 Å². The molecular formula is C16H32N2O. The highest BCUT2D eigenvalue weighted by Gasteiger charge is 2.45. The summed E-state index contributed by atoms with van der Waals surface area (Å²) in [5.41, 5.74) is 6.40. The third-order valence-electron chi connectivity index (χ3n) is 5.72. The summed E-state index contributed by atoms with van der Waals surface area (Å²) < 4.78 is 6.03. The number of nitrogens with two attached hydrogens (primary N) is 1. The molecule has 1 saturated carbocycles. The van der Waals surface area contributed by atoms with Crippen molar-refractivity contribution in [2.75, 3.05) is 20.2 Å². The zero-order valence-corrected chi connectivity index (χ0v) is 13.1. The number of likely N-dealkylation sites (N-methyl/N-ethyl adjacent to an activating group) is 1. The first kappa shape index (κ1) is 15.3. The van der Waals surface area contributed by atoms with E-state index in [0.29, 0.717) is 0 Å². The van der Waals surface area contributed by atoms with E-state index in [1.807, 2.05) is 0 Å². The van der Waals surface area contributed by atoms with Gasteiger partial charge in [-0.25, -0.2) is 0 Å². The summed E-state index contributed by atoms with van der Waals surface area (Å²) in [6.45, 7) is 6.11. The Hall–Kier alpha value is -0.120. The van der Waals surface area contributed by atoms with Gasteiger partial charge in [-0.15, -0.1) is 0 Å². The molecular weight excluding hydrogens is 236 g/mol. The molecule has 2 unspecified atom stereocenters. The van der Waals surface area contributed by atoms with Gasteiger partial charge in [0.1, 0.15) is 0 Å². The van der Waals surface area contributed by atoms with E-state index in [0.717, 1.165) is 38.5 Å². The summed E-state index contributed by atoms with van der Waals surface area (Å²) >= 11 is 0. The molecule has 3 nitrogen and oxygen atoms in total. The monoisotopic (exact) mass is 268 g/mol. The van der Waals surface area contributed by atoms with Crippen molar-refractivity contribution in [1.82, 2.24) is 4.90 Å². The maximum Gasteiger partial charge on any atom is 0.0670 e. The van der Waals surface area contributed by atoms with Gasteiger partial charge in [0.15, 0.2) is 0 Å². The van der Waals surface area contributed by atoms with Crippen LogP contribution in [0.4, 0.5) is 0 Å². The average Bonchev–Trinajstić information content (AvgIpc) is 2.47. The van der Waals surface area contributed by atoms with Crippen LogP contribution in [0.15, 0.2) is 0 Å². The van der Waals surface area contributed by atoms with Crippen LogP contribution in [0.2, 0.25) is 0 Å². The van der Waals surface area contributed by atoms with Gasteiger partial charge < -0.3 is 10.5 Å². The van der Waals surface area contributed by atoms with Crippen molar-refractivity contribution in [3.05, 3.63) is 0 Å². The van der Waals surface area contributed by atoms with Gasteiger partial charge in [-0.3, -0.25) is 4.90 Å². The third kappa shape index (κ3) is 3.14. The first-order chi connectivity index (χ1) is 9.05. The fourth-order valence-electron chi connectivity index (χ4n) is 4.02. The van der Waals surface area contributed by atoms with Crippen molar-refractivity contribution in [2.24, 2.45) is 5.73 Å². The molecule has 19 heavy (non-hydrogen) atoms. The van der Waals surface area contributed by atoms with Gasteiger partial charge in [0.2, 0.25) is 0 Å². The van der Waals surface area contributed by atoms with Crippen LogP contribution in [-0.2, 0) is 4.74 Å². The minimum absolute atomic E-state index is 0.0144. The summed E-state index contributed by atoms with van der Waals surface area (Å²) in [7, 11) is 2.31. The van der Waals surface area contributed by atoms with Gasteiger partial charge in [-0.05, 0) is 46.1 Å². The maximum atomic E-state index is 6.22. The second kappa shape index (κ2) is 6.11. The van der Waals surface area contributed by atoms with E-state index in [4.69, 9.17) is 10.5 Å². The van der Waals surface area contributed by atoms with Crippen LogP contribution in [-0.4, -0.2) is 42.3 Å². The SMILES string of the molecule is CCC1(C)CC(CN)(N(C)C2CCCCC2)CCO1. The highest BCUT2D eigenvalue weighted by atomic mass is 16.5. The number of hydrogen-bond acceptors (Lipinski definition) is 3. The molecule has 0 aromatic rings. The van der Waals surface area contributed by atoms with E-state index in [9.17, 15) is 0 Å². The number of hydrogen-bond donors (Lipinski definition) is 1. The third-order valence-corrected chi connectivity index (χ3v) is 5.72. The number of ether oxygens (including phenoxy) is 1. The van der Waals surface area contributed by atoms with Gasteiger partial charge in [0, 0.05) is 24.7 Å². The molecule has 0 aromatic heterocycles. The van der Waals surface area contributed by atoms with Crippen LogP contribution in [0, 0.1) is 0 Å². The lowest BCUT2D eigenvalue weighted by Crippen LogP contribution is -2.62. The van der Waals surface area contributed by atoms with Crippen molar-refractivity contribution in [2.45, 2.75) is 82.4 Å². The molecule has 2 N–H and O–H groups in total. The van der Waals surface area contributed by atoms with E-state index in [2.05, 4.69) is 25.8 Å². The Morgan fingerprint density at radius 1 is 1.26 bits per heavy atom. The smallest absolute Gasteiger partial charge is 0.0670 e. The Balaban J connectivity index is 2.11. The molecule has 0 radical (unpaired) electrons. The lowest BCUT2D eigenvalue weighted by molar-refractivity contribution is -0.133. The Bertz CT molecular complexity index is 290. The van der Waals surface area contributed by atoms with E-state index in [1.54, 1.807) is 0 Å². The standard InChI is InChI=1S/C16H32N2O/c1-4-15(2)12-16(13-17,10-11-19-15)18(3)14-8-6-5-7-9-14/h14H,4-13,17H2,1-3H3. The maximum absolute atomic E-state index is 6.22. The molecule has 0 amide bonds. The molecule has 1 aliphatic heterocycles. The highest BCUT2D eigenvalue weighted by Crippen LogP contribution is 2.39. The van der Waals surface area contributed by atoms with Crippen LogP contribution in [0.3, 0.4) is 0 Å². The molecule has 0 bridgehead atoms. The molecule has 2 fully saturated rings. The van der Waals surface area contributed by atoms with Gasteiger partial charge >= 0.3 is 0 Å². The Kier molecular flexibility index (Phi) is 4.91. The van der Waals surface area contributed by atoms with Crippen LogP contribution in [0.25, 0.3) is 0 Å². The summed E-state index contributed by atoms with van der Waals surface area (Å²) in [5, 5.41) is 0. The largest absolute Gasteiger partial charge is 0.375 e. The Morgan fingerprint density at radius 3 is 2.53 bits per heavy atom. The molecule has 1 heterocycles. The molecule has 1 saturated heterocycles. The van der Waals surface area contributed by atoms with E-state index in [-0.39, 0.29) is 11.1 Å². The van der Waals surface area contributed by atoms with Gasteiger partial charge in [0.25, 0.3) is 0 Å². The zero-order chi connectivity index (χ0) is 13.9. The molecule has 2 atom stereocenters. The molecule has 3 heteroatoms. The van der Waals surface area contributed by atoms with Gasteiger partial charge in [0.05, 0.1) is 5.60 Å². The van der Waals surface area contributed by atoms with Crippen molar-refractivity contribution in [3.8, 4) is 0 Å². The minimum Gasteiger partial charge on any atom is -0.375 e. The van der Waals surface area contributed by atoms with Crippen molar-refractivity contribution in [1.29, 1.82) is 0 Å². The number of nitrogens with zero attached hydrogens (tertiary/aromatic N) is 1. The zero-order valence-electron chi connectivity index (χ0n) is 13.1. The summed E-state index contributed by atoms with van der Waals surface area (Å²) in [6, 6.07) is 0.733. The summed E-state index contributed by atoms with van der Waals surface area (Å²) in [5.74, 6) is 0. The predicted molar refractivity (Wildman–Crippen MR) is 80.3 cm³/mol. The molecule has 2 aliphatic rings. The van der Waals surface area contributed by atoms with Crippen LogP contribution < -0.4 is 5.73 Å². The minimum atomic E-state index is 0.0144. The fraction of sp³-hybridized carbons (Fsp3) is 1.00. The normalized spacial score (nSPS) is 37.7. The van der Waals surface area contributed by atoms with E-state index < -0.39 is 0 Å². The van der Waals surface area contributed by atoms with Crippen molar-refractivity contribution in [3.63, 3.8) is 0 Å².